The van der Waals surface area contributed by atoms with Crippen molar-refractivity contribution >= 4 is 11.7 Å². The van der Waals surface area contributed by atoms with E-state index in [2.05, 4.69) is 22.0 Å². The Balaban J connectivity index is 1.57. The highest BCUT2D eigenvalue weighted by Crippen LogP contribution is 2.33. The van der Waals surface area contributed by atoms with E-state index in [1.165, 1.54) is 5.56 Å². The second-order valence-corrected chi connectivity index (χ2v) is 8.31. The Morgan fingerprint density at radius 2 is 1.89 bits per heavy atom. The summed E-state index contributed by atoms with van der Waals surface area (Å²) in [5, 5.41) is 11.0. The third-order valence-corrected chi connectivity index (χ3v) is 6.24. The van der Waals surface area contributed by atoms with E-state index >= 15 is 0 Å². The molecule has 0 unspecified atom stereocenters. The van der Waals surface area contributed by atoms with E-state index in [1.54, 1.807) is 6.20 Å². The second-order valence-electron chi connectivity index (χ2n) is 8.31. The van der Waals surface area contributed by atoms with Crippen molar-refractivity contribution in [1.82, 2.24) is 9.88 Å². The van der Waals surface area contributed by atoms with Crippen LogP contribution in [-0.4, -0.2) is 52.7 Å². The molecule has 1 amide bonds. The Hall–Kier alpha value is -2.40. The van der Waals surface area contributed by atoms with Crippen LogP contribution < -0.4 is 4.90 Å². The van der Waals surface area contributed by atoms with Gasteiger partial charge < -0.3 is 14.9 Å². The van der Waals surface area contributed by atoms with Crippen molar-refractivity contribution in [2.75, 3.05) is 31.1 Å². The average Bonchev–Trinajstić information content (AvgIpc) is 3.25. The summed E-state index contributed by atoms with van der Waals surface area (Å²) >= 11 is 0. The molecule has 2 fully saturated rings. The maximum Gasteiger partial charge on any atom is 0.257 e. The highest BCUT2D eigenvalue weighted by Gasteiger charge is 2.39. The summed E-state index contributed by atoms with van der Waals surface area (Å²) in [5.74, 6) is 0.922. The molecular weight excluding hydrogens is 350 g/mol. The Bertz CT molecular complexity index is 816. The monoisotopic (exact) mass is 379 g/mol. The first-order valence-corrected chi connectivity index (χ1v) is 10.3. The van der Waals surface area contributed by atoms with Crippen LogP contribution in [-0.2, 0) is 6.42 Å². The van der Waals surface area contributed by atoms with Gasteiger partial charge in [-0.25, -0.2) is 4.98 Å². The zero-order chi connectivity index (χ0) is 19.6. The van der Waals surface area contributed by atoms with Gasteiger partial charge in [0.1, 0.15) is 5.82 Å². The molecule has 0 spiro atoms. The SMILES string of the molecule is C[C@@]1(O)CCN(c2ncccc2C(=O)N2CCCC2)C[C@@H]1Cc1ccccc1. The number of nitrogens with zero attached hydrogens (tertiary/aromatic N) is 3. The molecule has 1 aromatic heterocycles. The number of benzene rings is 1. The smallest absolute Gasteiger partial charge is 0.257 e. The number of anilines is 1. The zero-order valence-corrected chi connectivity index (χ0v) is 16.6. The first-order valence-electron chi connectivity index (χ1n) is 10.3. The molecule has 2 aliphatic heterocycles. The number of carbonyl (C=O) groups is 1. The molecule has 0 aliphatic carbocycles. The van der Waals surface area contributed by atoms with Crippen molar-refractivity contribution in [3.8, 4) is 0 Å². The van der Waals surface area contributed by atoms with E-state index in [9.17, 15) is 9.90 Å². The zero-order valence-electron chi connectivity index (χ0n) is 16.6. The van der Waals surface area contributed by atoms with Crippen molar-refractivity contribution in [3.05, 3.63) is 59.8 Å². The van der Waals surface area contributed by atoms with Crippen LogP contribution in [0.3, 0.4) is 0 Å². The van der Waals surface area contributed by atoms with Crippen LogP contribution in [0.1, 0.15) is 42.1 Å². The van der Waals surface area contributed by atoms with E-state index in [0.717, 1.165) is 38.2 Å². The third-order valence-electron chi connectivity index (χ3n) is 6.24. The van der Waals surface area contributed by atoms with Crippen LogP contribution in [0.25, 0.3) is 0 Å². The van der Waals surface area contributed by atoms with Gasteiger partial charge in [0.25, 0.3) is 5.91 Å². The summed E-state index contributed by atoms with van der Waals surface area (Å²) in [6, 6.07) is 14.0. The van der Waals surface area contributed by atoms with Gasteiger partial charge in [-0.05, 0) is 50.3 Å². The number of rotatable bonds is 4. The van der Waals surface area contributed by atoms with Crippen molar-refractivity contribution in [1.29, 1.82) is 0 Å². The van der Waals surface area contributed by atoms with Gasteiger partial charge in [-0.15, -0.1) is 0 Å². The molecule has 0 bridgehead atoms. The number of piperidine rings is 1. The first-order chi connectivity index (χ1) is 13.5. The Kier molecular flexibility index (Phi) is 5.36. The summed E-state index contributed by atoms with van der Waals surface area (Å²) < 4.78 is 0. The van der Waals surface area contributed by atoms with Gasteiger partial charge in [-0.1, -0.05) is 30.3 Å². The fourth-order valence-corrected chi connectivity index (χ4v) is 4.40. The van der Waals surface area contributed by atoms with Gasteiger partial charge in [0, 0.05) is 38.3 Å². The number of aromatic nitrogens is 1. The number of likely N-dealkylation sites (tertiary alicyclic amines) is 1. The largest absolute Gasteiger partial charge is 0.390 e. The number of hydrogen-bond donors (Lipinski definition) is 1. The standard InChI is InChI=1S/C23H29N3O2/c1-23(28)11-15-26(17-19(23)16-18-8-3-2-4-9-18)21-20(10-7-12-24-21)22(27)25-13-5-6-14-25/h2-4,7-10,12,19,28H,5-6,11,13-17H2,1H3/t19-,23+/m0/s1. The summed E-state index contributed by atoms with van der Waals surface area (Å²) in [7, 11) is 0. The molecule has 3 heterocycles. The van der Waals surface area contributed by atoms with Crippen LogP contribution in [0, 0.1) is 5.92 Å². The minimum Gasteiger partial charge on any atom is -0.390 e. The van der Waals surface area contributed by atoms with E-state index < -0.39 is 5.60 Å². The quantitative estimate of drug-likeness (QED) is 0.887. The highest BCUT2D eigenvalue weighted by atomic mass is 16.3. The molecule has 28 heavy (non-hydrogen) atoms. The van der Waals surface area contributed by atoms with Gasteiger partial charge in [-0.3, -0.25) is 4.79 Å². The van der Waals surface area contributed by atoms with E-state index in [-0.39, 0.29) is 11.8 Å². The molecule has 2 aliphatic rings. The van der Waals surface area contributed by atoms with Crippen molar-refractivity contribution in [2.24, 2.45) is 5.92 Å². The fraction of sp³-hybridized carbons (Fsp3) is 0.478. The van der Waals surface area contributed by atoms with Gasteiger partial charge in [0.2, 0.25) is 0 Å². The van der Waals surface area contributed by atoms with Crippen LogP contribution in [0.15, 0.2) is 48.7 Å². The van der Waals surface area contributed by atoms with Crippen LogP contribution in [0.5, 0.6) is 0 Å². The maximum atomic E-state index is 13.0. The Morgan fingerprint density at radius 1 is 1.14 bits per heavy atom. The van der Waals surface area contributed by atoms with E-state index in [4.69, 9.17) is 0 Å². The molecule has 5 nitrogen and oxygen atoms in total. The number of pyridine rings is 1. The molecule has 5 heteroatoms. The molecule has 1 aromatic carbocycles. The number of aliphatic hydroxyl groups is 1. The number of hydrogen-bond acceptors (Lipinski definition) is 4. The lowest BCUT2D eigenvalue weighted by molar-refractivity contribution is -0.0168. The predicted octanol–water partition coefficient (Wildman–Crippen LogP) is 3.14. The second kappa shape index (κ2) is 7.92. The normalized spacial score (nSPS) is 25.1. The maximum absolute atomic E-state index is 13.0. The molecule has 4 rings (SSSR count). The number of carbonyl (C=O) groups excluding carboxylic acids is 1. The van der Waals surface area contributed by atoms with Crippen LogP contribution >= 0.6 is 0 Å². The third kappa shape index (κ3) is 3.90. The minimum atomic E-state index is -0.722. The van der Waals surface area contributed by atoms with Crippen LogP contribution in [0.2, 0.25) is 0 Å². The average molecular weight is 380 g/mol. The molecule has 0 saturated carbocycles. The van der Waals surface area contributed by atoms with Gasteiger partial charge >= 0.3 is 0 Å². The van der Waals surface area contributed by atoms with Crippen molar-refractivity contribution in [2.45, 2.75) is 38.2 Å². The van der Waals surface area contributed by atoms with Gasteiger partial charge in [-0.2, -0.15) is 0 Å². The first kappa shape index (κ1) is 18.9. The molecular formula is C23H29N3O2. The molecule has 1 N–H and O–H groups in total. The lowest BCUT2D eigenvalue weighted by Gasteiger charge is -2.43. The molecule has 148 valence electrons. The topological polar surface area (TPSA) is 56.7 Å². The Morgan fingerprint density at radius 3 is 2.64 bits per heavy atom. The molecule has 2 atom stereocenters. The van der Waals surface area contributed by atoms with E-state index in [1.807, 2.05) is 42.2 Å². The summed E-state index contributed by atoms with van der Waals surface area (Å²) in [4.78, 5) is 21.7. The van der Waals surface area contributed by atoms with Gasteiger partial charge in [0.05, 0.1) is 11.2 Å². The Labute approximate surface area is 167 Å². The van der Waals surface area contributed by atoms with Gasteiger partial charge in [0.15, 0.2) is 0 Å². The molecule has 0 radical (unpaired) electrons. The van der Waals surface area contributed by atoms with E-state index in [0.29, 0.717) is 25.1 Å². The fourth-order valence-electron chi connectivity index (χ4n) is 4.40. The lowest BCUT2D eigenvalue weighted by atomic mass is 9.78. The van der Waals surface area contributed by atoms with Crippen molar-refractivity contribution in [3.63, 3.8) is 0 Å². The van der Waals surface area contributed by atoms with Crippen molar-refractivity contribution < 1.29 is 9.90 Å². The molecule has 2 saturated heterocycles. The number of amides is 1. The summed E-state index contributed by atoms with van der Waals surface area (Å²) in [6.45, 7) is 5.00. The lowest BCUT2D eigenvalue weighted by Crippen LogP contribution is -2.51. The highest BCUT2D eigenvalue weighted by molar-refractivity contribution is 5.99. The minimum absolute atomic E-state index is 0.0811. The molecule has 2 aromatic rings. The van der Waals surface area contributed by atoms with Crippen LogP contribution in [0.4, 0.5) is 5.82 Å². The summed E-state index contributed by atoms with van der Waals surface area (Å²) in [6.07, 6.45) is 5.39. The summed E-state index contributed by atoms with van der Waals surface area (Å²) in [5.41, 5.74) is 1.19. The predicted molar refractivity (Wildman–Crippen MR) is 110 cm³/mol.